The van der Waals surface area contributed by atoms with Gasteiger partial charge < -0.3 is 14.2 Å². The van der Waals surface area contributed by atoms with Crippen molar-refractivity contribution in [3.8, 4) is 11.5 Å². The van der Waals surface area contributed by atoms with Crippen LogP contribution in [-0.4, -0.2) is 31.6 Å². The number of halogens is 2. The van der Waals surface area contributed by atoms with Crippen LogP contribution in [-0.2, 0) is 4.74 Å². The van der Waals surface area contributed by atoms with E-state index in [-0.39, 0.29) is 16.4 Å². The van der Waals surface area contributed by atoms with Crippen molar-refractivity contribution >= 4 is 35.0 Å². The molecule has 0 aromatic heterocycles. The number of ether oxygens (including phenoxy) is 3. The standard InChI is InChI=1S/C17H12Cl2O5/c18-11-2-3-12(13(19)8-11)17(21)24-9-14(20)10-1-4-15-16(7-10)23-6-5-22-15/h1-4,7-8H,5-6,9H2. The van der Waals surface area contributed by atoms with Gasteiger partial charge in [-0.15, -0.1) is 0 Å². The van der Waals surface area contributed by atoms with Crippen LogP contribution >= 0.6 is 23.2 Å². The van der Waals surface area contributed by atoms with E-state index in [2.05, 4.69) is 0 Å². The second-order valence-electron chi connectivity index (χ2n) is 4.98. The molecule has 5 nitrogen and oxygen atoms in total. The molecule has 7 heteroatoms. The van der Waals surface area contributed by atoms with E-state index in [1.165, 1.54) is 18.2 Å². The SMILES string of the molecule is O=C(COC(=O)c1ccc(Cl)cc1Cl)c1ccc2c(c1)OCCO2. The maximum absolute atomic E-state index is 12.2. The number of carbonyl (C=O) groups excluding carboxylic acids is 2. The summed E-state index contributed by atoms with van der Waals surface area (Å²) in [4.78, 5) is 24.2. The van der Waals surface area contributed by atoms with E-state index in [1.54, 1.807) is 18.2 Å². The second-order valence-corrected chi connectivity index (χ2v) is 5.83. The highest BCUT2D eigenvalue weighted by Crippen LogP contribution is 2.31. The zero-order valence-corrected chi connectivity index (χ0v) is 13.9. The number of benzene rings is 2. The van der Waals surface area contributed by atoms with Gasteiger partial charge in [0.2, 0.25) is 0 Å². The molecule has 124 valence electrons. The number of hydrogen-bond acceptors (Lipinski definition) is 5. The van der Waals surface area contributed by atoms with Gasteiger partial charge in [0, 0.05) is 10.6 Å². The third-order valence-electron chi connectivity index (χ3n) is 3.35. The molecule has 1 aliphatic heterocycles. The van der Waals surface area contributed by atoms with Crippen molar-refractivity contribution in [1.29, 1.82) is 0 Å². The summed E-state index contributed by atoms with van der Waals surface area (Å²) in [5.74, 6) is 0.0369. The Hall–Kier alpha value is -2.24. The van der Waals surface area contributed by atoms with E-state index < -0.39 is 12.6 Å². The largest absolute Gasteiger partial charge is 0.486 e. The van der Waals surface area contributed by atoms with Gasteiger partial charge in [0.25, 0.3) is 0 Å². The van der Waals surface area contributed by atoms with Crippen LogP contribution in [0, 0.1) is 0 Å². The predicted molar refractivity (Wildman–Crippen MR) is 88.5 cm³/mol. The molecule has 1 aliphatic rings. The van der Waals surface area contributed by atoms with Crippen molar-refractivity contribution in [2.24, 2.45) is 0 Å². The highest BCUT2D eigenvalue weighted by atomic mass is 35.5. The molecule has 0 saturated carbocycles. The molecule has 2 aromatic rings. The van der Waals surface area contributed by atoms with Crippen molar-refractivity contribution in [2.75, 3.05) is 19.8 Å². The Morgan fingerprint density at radius 3 is 2.50 bits per heavy atom. The van der Waals surface area contributed by atoms with E-state index in [0.717, 1.165) is 0 Å². The van der Waals surface area contributed by atoms with Crippen LogP contribution in [0.25, 0.3) is 0 Å². The molecule has 0 amide bonds. The molecular weight excluding hydrogens is 355 g/mol. The van der Waals surface area contributed by atoms with Crippen LogP contribution in [0.2, 0.25) is 10.0 Å². The summed E-state index contributed by atoms with van der Waals surface area (Å²) < 4.78 is 15.8. The van der Waals surface area contributed by atoms with Gasteiger partial charge in [-0.25, -0.2) is 4.79 Å². The van der Waals surface area contributed by atoms with Gasteiger partial charge in [-0.1, -0.05) is 23.2 Å². The van der Waals surface area contributed by atoms with E-state index in [0.29, 0.717) is 35.3 Å². The summed E-state index contributed by atoms with van der Waals surface area (Å²) >= 11 is 11.7. The molecule has 0 aliphatic carbocycles. The van der Waals surface area contributed by atoms with Crippen molar-refractivity contribution < 1.29 is 23.8 Å². The quantitative estimate of drug-likeness (QED) is 0.608. The van der Waals surface area contributed by atoms with Gasteiger partial charge in [0.05, 0.1) is 10.6 Å². The average molecular weight is 367 g/mol. The average Bonchev–Trinajstić information content (AvgIpc) is 2.59. The van der Waals surface area contributed by atoms with Crippen LogP contribution in [0.15, 0.2) is 36.4 Å². The van der Waals surface area contributed by atoms with E-state index >= 15 is 0 Å². The van der Waals surface area contributed by atoms with Gasteiger partial charge >= 0.3 is 5.97 Å². The molecule has 0 bridgehead atoms. The monoisotopic (exact) mass is 366 g/mol. The molecule has 0 atom stereocenters. The number of carbonyl (C=O) groups is 2. The van der Waals surface area contributed by atoms with Crippen LogP contribution in [0.5, 0.6) is 11.5 Å². The number of esters is 1. The van der Waals surface area contributed by atoms with E-state index in [4.69, 9.17) is 37.4 Å². The van der Waals surface area contributed by atoms with Gasteiger partial charge in [-0.05, 0) is 36.4 Å². The zero-order chi connectivity index (χ0) is 17.1. The van der Waals surface area contributed by atoms with Crippen molar-refractivity contribution in [3.63, 3.8) is 0 Å². The Balaban J connectivity index is 1.66. The first kappa shape index (κ1) is 16.6. The first-order valence-electron chi connectivity index (χ1n) is 7.09. The van der Waals surface area contributed by atoms with E-state index in [9.17, 15) is 9.59 Å². The zero-order valence-electron chi connectivity index (χ0n) is 12.4. The normalized spacial score (nSPS) is 12.6. The lowest BCUT2D eigenvalue weighted by atomic mass is 10.1. The lowest BCUT2D eigenvalue weighted by Crippen LogP contribution is -2.17. The predicted octanol–water partition coefficient (Wildman–Crippen LogP) is 3.80. The fourth-order valence-electron chi connectivity index (χ4n) is 2.16. The molecule has 0 radical (unpaired) electrons. The van der Waals surface area contributed by atoms with E-state index in [1.807, 2.05) is 0 Å². The minimum Gasteiger partial charge on any atom is -0.486 e. The molecule has 1 heterocycles. The Bertz CT molecular complexity index is 804. The molecular formula is C17H12Cl2O5. The van der Waals surface area contributed by atoms with Crippen LogP contribution < -0.4 is 9.47 Å². The smallest absolute Gasteiger partial charge is 0.340 e. The topological polar surface area (TPSA) is 61.8 Å². The summed E-state index contributed by atoms with van der Waals surface area (Å²) in [6, 6.07) is 9.22. The highest BCUT2D eigenvalue weighted by Gasteiger charge is 2.18. The molecule has 0 spiro atoms. The maximum atomic E-state index is 12.2. The fourth-order valence-corrected chi connectivity index (χ4v) is 2.65. The first-order chi connectivity index (χ1) is 11.5. The maximum Gasteiger partial charge on any atom is 0.340 e. The number of hydrogen-bond donors (Lipinski definition) is 0. The summed E-state index contributed by atoms with van der Waals surface area (Å²) in [6.07, 6.45) is 0. The molecule has 0 unspecified atom stereocenters. The molecule has 24 heavy (non-hydrogen) atoms. The third-order valence-corrected chi connectivity index (χ3v) is 3.90. The Morgan fingerprint density at radius 1 is 1.00 bits per heavy atom. The number of Topliss-reactive ketones (excluding diaryl/α,β-unsaturated/α-hetero) is 1. The van der Waals surface area contributed by atoms with Crippen molar-refractivity contribution in [1.82, 2.24) is 0 Å². The molecule has 0 fully saturated rings. The van der Waals surface area contributed by atoms with Gasteiger partial charge in [0.1, 0.15) is 13.2 Å². The summed E-state index contributed by atoms with van der Waals surface area (Å²) in [6.45, 7) is 0.492. The number of rotatable bonds is 4. The summed E-state index contributed by atoms with van der Waals surface area (Å²) in [5, 5.41) is 0.572. The molecule has 3 rings (SSSR count). The van der Waals surface area contributed by atoms with Crippen LogP contribution in [0.3, 0.4) is 0 Å². The van der Waals surface area contributed by atoms with Crippen LogP contribution in [0.1, 0.15) is 20.7 Å². The molecule has 2 aromatic carbocycles. The minimum absolute atomic E-state index is 0.149. The minimum atomic E-state index is -0.692. The van der Waals surface area contributed by atoms with Gasteiger partial charge in [-0.2, -0.15) is 0 Å². The third kappa shape index (κ3) is 3.63. The Kier molecular flexibility index (Phi) is 4.92. The van der Waals surface area contributed by atoms with Gasteiger partial charge in [-0.3, -0.25) is 4.79 Å². The lowest BCUT2D eigenvalue weighted by Gasteiger charge is -2.18. The highest BCUT2D eigenvalue weighted by molar-refractivity contribution is 6.36. The second kappa shape index (κ2) is 7.11. The summed E-state index contributed by atoms with van der Waals surface area (Å²) in [5.41, 5.74) is 0.519. The number of ketones is 1. The van der Waals surface area contributed by atoms with Gasteiger partial charge in [0.15, 0.2) is 23.9 Å². The lowest BCUT2D eigenvalue weighted by molar-refractivity contribution is 0.0474. The van der Waals surface area contributed by atoms with Crippen LogP contribution in [0.4, 0.5) is 0 Å². The first-order valence-corrected chi connectivity index (χ1v) is 7.85. The molecule has 0 N–H and O–H groups in total. The Labute approximate surface area is 148 Å². The Morgan fingerprint density at radius 2 is 1.75 bits per heavy atom. The fraction of sp³-hybridized carbons (Fsp3) is 0.176. The number of fused-ring (bicyclic) bond motifs is 1. The summed E-state index contributed by atoms with van der Waals surface area (Å²) in [7, 11) is 0. The molecule has 0 saturated heterocycles. The van der Waals surface area contributed by atoms with Crippen molar-refractivity contribution in [2.45, 2.75) is 0 Å². The van der Waals surface area contributed by atoms with Crippen molar-refractivity contribution in [3.05, 3.63) is 57.6 Å².